The molecule has 1 aromatic carbocycles. The molecule has 0 spiro atoms. The van der Waals surface area contributed by atoms with Crippen LogP contribution >= 0.6 is 0 Å². The third-order valence-electron chi connectivity index (χ3n) is 5.24. The molecule has 5 nitrogen and oxygen atoms in total. The summed E-state index contributed by atoms with van der Waals surface area (Å²) in [6.45, 7) is 8.43. The fraction of sp³-hybridized carbons (Fsp3) is 0.435. The van der Waals surface area contributed by atoms with Crippen LogP contribution in [0.15, 0.2) is 30.5 Å². The summed E-state index contributed by atoms with van der Waals surface area (Å²) in [5.74, 6) is -3.30. The van der Waals surface area contributed by atoms with E-state index in [2.05, 4.69) is 4.98 Å². The zero-order valence-corrected chi connectivity index (χ0v) is 17.8. The molecule has 2 rings (SSSR count). The second kappa shape index (κ2) is 9.78. The summed E-state index contributed by atoms with van der Waals surface area (Å²) in [6.07, 6.45) is -0.359. The first-order valence-electron chi connectivity index (χ1n) is 9.84. The number of nitrogens with zero attached hydrogens (tertiary/aromatic N) is 1. The molecule has 0 saturated carbocycles. The Bertz CT molecular complexity index is 927. The minimum absolute atomic E-state index is 0.0562. The zero-order valence-electron chi connectivity index (χ0n) is 17.8. The van der Waals surface area contributed by atoms with Crippen LogP contribution in [0, 0.1) is 24.6 Å². The van der Waals surface area contributed by atoms with Gasteiger partial charge in [-0.3, -0.25) is 4.79 Å². The topological polar surface area (TPSA) is 76.5 Å². The van der Waals surface area contributed by atoms with Gasteiger partial charge in [0.2, 0.25) is 12.2 Å². The number of aryl methyl sites for hydroxylation is 1. The van der Waals surface area contributed by atoms with Crippen molar-refractivity contribution in [2.24, 2.45) is 11.8 Å². The Labute approximate surface area is 175 Å². The van der Waals surface area contributed by atoms with Crippen LogP contribution in [0.4, 0.5) is 8.78 Å². The number of benzene rings is 1. The molecule has 0 aliphatic carbocycles. The lowest BCUT2D eigenvalue weighted by molar-refractivity contribution is -0.125. The Morgan fingerprint density at radius 2 is 1.83 bits per heavy atom. The normalized spacial score (nSPS) is 14.3. The first-order chi connectivity index (χ1) is 14.0. The highest BCUT2D eigenvalue weighted by molar-refractivity contribution is 5.89. The number of alkyl halides is 1. The lowest BCUT2D eigenvalue weighted by Crippen LogP contribution is -2.28. The predicted octanol–water partition coefficient (Wildman–Crippen LogP) is 5.11. The lowest BCUT2D eigenvalue weighted by atomic mass is 9.78. The van der Waals surface area contributed by atoms with Crippen LogP contribution in [0.25, 0.3) is 0 Å². The molecule has 162 valence electrons. The van der Waals surface area contributed by atoms with E-state index in [1.807, 2.05) is 20.8 Å². The monoisotopic (exact) mass is 419 g/mol. The second-order valence-corrected chi connectivity index (χ2v) is 7.83. The Hall–Kier alpha value is -2.83. The highest BCUT2D eigenvalue weighted by Gasteiger charge is 2.30. The summed E-state index contributed by atoms with van der Waals surface area (Å²) in [4.78, 5) is 28.3. The van der Waals surface area contributed by atoms with E-state index in [1.165, 1.54) is 19.1 Å². The maximum atomic E-state index is 14.4. The van der Waals surface area contributed by atoms with Gasteiger partial charge in [-0.05, 0) is 42.5 Å². The van der Waals surface area contributed by atoms with Crippen molar-refractivity contribution in [3.8, 4) is 5.88 Å². The summed E-state index contributed by atoms with van der Waals surface area (Å²) >= 11 is 0. The van der Waals surface area contributed by atoms with Crippen LogP contribution in [0.2, 0.25) is 0 Å². The molecule has 7 heteroatoms. The third kappa shape index (κ3) is 5.62. The van der Waals surface area contributed by atoms with Crippen molar-refractivity contribution < 1.29 is 28.2 Å². The number of aromatic carboxylic acids is 1. The molecule has 0 aliphatic heterocycles. The quantitative estimate of drug-likeness (QED) is 0.611. The number of carboxylic acid groups (broad SMARTS) is 1. The number of rotatable bonds is 9. The number of pyridine rings is 1. The van der Waals surface area contributed by atoms with Gasteiger partial charge in [0.1, 0.15) is 11.6 Å². The van der Waals surface area contributed by atoms with E-state index in [-0.39, 0.29) is 28.7 Å². The first kappa shape index (κ1) is 23.4. The van der Waals surface area contributed by atoms with Crippen LogP contribution in [-0.2, 0) is 11.2 Å². The number of carbonyl (C=O) groups is 2. The molecule has 0 aliphatic rings. The zero-order chi connectivity index (χ0) is 22.6. The first-order valence-corrected chi connectivity index (χ1v) is 9.84. The SMILES string of the molecule is Cc1ccc(C(=O)O)cc1CC(C(=O)C(C)c1cc(OC(C)F)ncc1F)C(C)C. The molecule has 3 unspecified atom stereocenters. The van der Waals surface area contributed by atoms with Gasteiger partial charge in [-0.1, -0.05) is 26.8 Å². The molecule has 1 N–H and O–H groups in total. The number of hydrogen-bond acceptors (Lipinski definition) is 4. The molecule has 1 heterocycles. The largest absolute Gasteiger partial charge is 0.478 e. The van der Waals surface area contributed by atoms with Gasteiger partial charge in [0.25, 0.3) is 0 Å². The Morgan fingerprint density at radius 3 is 2.40 bits per heavy atom. The standard InChI is InChI=1S/C23H27F2NO4/c1-12(2)18(9-17-8-16(23(28)29)7-6-13(17)3)22(27)14(4)19-10-21(30-15(5)24)26-11-20(19)25/h6-8,10-12,14-15,18H,9H2,1-5H3,(H,28,29). The maximum Gasteiger partial charge on any atom is 0.335 e. The Balaban J connectivity index is 2.34. The van der Waals surface area contributed by atoms with Gasteiger partial charge in [-0.25, -0.2) is 18.6 Å². The maximum absolute atomic E-state index is 14.4. The van der Waals surface area contributed by atoms with Gasteiger partial charge in [-0.2, -0.15) is 0 Å². The van der Waals surface area contributed by atoms with Crippen LogP contribution in [0.5, 0.6) is 5.88 Å². The predicted molar refractivity (Wildman–Crippen MR) is 109 cm³/mol. The molecule has 1 aromatic heterocycles. The molecular weight excluding hydrogens is 392 g/mol. The van der Waals surface area contributed by atoms with Crippen LogP contribution in [-0.4, -0.2) is 28.2 Å². The Kier molecular flexibility index (Phi) is 7.65. The van der Waals surface area contributed by atoms with E-state index >= 15 is 0 Å². The van der Waals surface area contributed by atoms with E-state index in [0.717, 1.165) is 17.3 Å². The smallest absolute Gasteiger partial charge is 0.335 e. The van der Waals surface area contributed by atoms with E-state index in [1.54, 1.807) is 19.1 Å². The number of ether oxygens (including phenoxy) is 1. The van der Waals surface area contributed by atoms with Gasteiger partial charge in [0, 0.05) is 30.4 Å². The number of ketones is 1. The van der Waals surface area contributed by atoms with Crippen LogP contribution < -0.4 is 4.74 Å². The lowest BCUT2D eigenvalue weighted by Gasteiger charge is -2.25. The van der Waals surface area contributed by atoms with Crippen LogP contribution in [0.1, 0.15) is 60.7 Å². The van der Waals surface area contributed by atoms with Gasteiger partial charge in [0.05, 0.1) is 11.8 Å². The van der Waals surface area contributed by atoms with Crippen molar-refractivity contribution in [3.05, 3.63) is 58.5 Å². The fourth-order valence-electron chi connectivity index (χ4n) is 3.40. The van der Waals surface area contributed by atoms with E-state index < -0.39 is 30.0 Å². The third-order valence-corrected chi connectivity index (χ3v) is 5.24. The average Bonchev–Trinajstić information content (AvgIpc) is 2.66. The molecule has 0 saturated heterocycles. The molecule has 0 amide bonds. The van der Waals surface area contributed by atoms with Crippen molar-refractivity contribution in [2.45, 2.75) is 53.3 Å². The van der Waals surface area contributed by atoms with Crippen molar-refractivity contribution in [1.82, 2.24) is 4.98 Å². The molecule has 3 atom stereocenters. The van der Waals surface area contributed by atoms with Crippen molar-refractivity contribution in [1.29, 1.82) is 0 Å². The average molecular weight is 419 g/mol. The van der Waals surface area contributed by atoms with E-state index in [0.29, 0.717) is 6.42 Å². The number of halogens is 2. The van der Waals surface area contributed by atoms with Crippen molar-refractivity contribution in [2.75, 3.05) is 0 Å². The fourth-order valence-corrected chi connectivity index (χ4v) is 3.40. The molecule has 30 heavy (non-hydrogen) atoms. The number of hydrogen-bond donors (Lipinski definition) is 1. The number of carbonyl (C=O) groups excluding carboxylic acids is 1. The molecule has 2 aromatic rings. The van der Waals surface area contributed by atoms with Gasteiger partial charge < -0.3 is 9.84 Å². The number of aromatic nitrogens is 1. The van der Waals surface area contributed by atoms with Crippen molar-refractivity contribution >= 4 is 11.8 Å². The van der Waals surface area contributed by atoms with Gasteiger partial charge in [0.15, 0.2) is 0 Å². The summed E-state index contributed by atoms with van der Waals surface area (Å²) in [5.41, 5.74) is 1.89. The highest BCUT2D eigenvalue weighted by Crippen LogP contribution is 2.30. The number of Topliss-reactive ketones (excluding diaryl/α,β-unsaturated/α-hetero) is 1. The molecular formula is C23H27F2NO4. The minimum Gasteiger partial charge on any atom is -0.478 e. The highest BCUT2D eigenvalue weighted by atomic mass is 19.1. The summed E-state index contributed by atoms with van der Waals surface area (Å²) in [5, 5.41) is 9.26. The number of carboxylic acids is 1. The van der Waals surface area contributed by atoms with Gasteiger partial charge in [-0.15, -0.1) is 0 Å². The molecule has 0 fully saturated rings. The minimum atomic E-state index is -1.62. The van der Waals surface area contributed by atoms with E-state index in [9.17, 15) is 23.5 Å². The van der Waals surface area contributed by atoms with Gasteiger partial charge >= 0.3 is 5.97 Å². The summed E-state index contributed by atoms with van der Waals surface area (Å²) < 4.78 is 32.4. The second-order valence-electron chi connectivity index (χ2n) is 7.83. The van der Waals surface area contributed by atoms with Crippen LogP contribution in [0.3, 0.4) is 0 Å². The summed E-state index contributed by atoms with van der Waals surface area (Å²) in [6, 6.07) is 6.07. The van der Waals surface area contributed by atoms with E-state index in [4.69, 9.17) is 4.74 Å². The Morgan fingerprint density at radius 1 is 1.17 bits per heavy atom. The molecule has 0 bridgehead atoms. The summed E-state index contributed by atoms with van der Waals surface area (Å²) in [7, 11) is 0. The van der Waals surface area contributed by atoms with Crippen molar-refractivity contribution in [3.63, 3.8) is 0 Å². The molecule has 0 radical (unpaired) electrons.